The predicted molar refractivity (Wildman–Crippen MR) is 162 cm³/mol. The first-order valence-electron chi connectivity index (χ1n) is 11.6. The van der Waals surface area contributed by atoms with E-state index in [0.717, 1.165) is 33.3 Å². The summed E-state index contributed by atoms with van der Waals surface area (Å²) in [7, 11) is 1.67. The number of rotatable bonds is 14. The number of carboxylic acids is 2. The van der Waals surface area contributed by atoms with E-state index in [4.69, 9.17) is 14.9 Å². The normalized spacial score (nSPS) is 11.2. The number of hydrogen-bond donors (Lipinski definition) is 4. The van der Waals surface area contributed by atoms with Gasteiger partial charge in [0.2, 0.25) is 0 Å². The zero-order chi connectivity index (χ0) is 28.1. The molecule has 13 heteroatoms. The van der Waals surface area contributed by atoms with Crippen molar-refractivity contribution >= 4 is 86.3 Å². The van der Waals surface area contributed by atoms with Crippen LogP contribution in [0, 0.1) is 0 Å². The predicted octanol–water partition coefficient (Wildman–Crippen LogP) is 4.58. The fourth-order valence-electron chi connectivity index (χ4n) is 3.45. The van der Waals surface area contributed by atoms with Gasteiger partial charge in [-0.15, -0.1) is 0 Å². The highest BCUT2D eigenvalue weighted by Crippen LogP contribution is 2.29. The molecule has 0 bridgehead atoms. The lowest BCUT2D eigenvalue weighted by molar-refractivity contribution is -0.140. The number of nitrogens with one attached hydrogen (secondary N) is 2. The first-order chi connectivity index (χ1) is 18.2. The smallest absolute Gasteiger partial charge is 0.414 e. The van der Waals surface area contributed by atoms with Gasteiger partial charge < -0.3 is 30.5 Å². The third-order valence-corrected chi connectivity index (χ3v) is 6.36. The largest absolute Gasteiger partial charge is 0.481 e. The molecule has 0 saturated heterocycles. The monoisotopic (exact) mass is 752 g/mol. The van der Waals surface area contributed by atoms with Crippen molar-refractivity contribution in [1.82, 2.24) is 5.32 Å². The van der Waals surface area contributed by atoms with Gasteiger partial charge in [0.25, 0.3) is 0 Å². The Balaban J connectivity index is 1.95. The van der Waals surface area contributed by atoms with E-state index in [0.29, 0.717) is 11.3 Å². The van der Waals surface area contributed by atoms with Crippen LogP contribution in [-0.2, 0) is 20.9 Å². The van der Waals surface area contributed by atoms with E-state index in [-0.39, 0.29) is 19.4 Å². The van der Waals surface area contributed by atoms with Gasteiger partial charge in [-0.05, 0) is 36.2 Å². The van der Waals surface area contributed by atoms with Gasteiger partial charge in [-0.25, -0.2) is 14.4 Å². The van der Waals surface area contributed by atoms with E-state index in [1.807, 2.05) is 24.3 Å². The van der Waals surface area contributed by atoms with Crippen LogP contribution < -0.4 is 20.4 Å². The van der Waals surface area contributed by atoms with Crippen molar-refractivity contribution in [1.29, 1.82) is 0 Å². The van der Waals surface area contributed by atoms with Crippen LogP contribution in [0.4, 0.5) is 26.7 Å². The maximum atomic E-state index is 12.8. The number of carbonyl (C=O) groups is 4. The van der Waals surface area contributed by atoms with E-state index in [1.165, 1.54) is 4.90 Å². The molecule has 0 aliphatic heterocycles. The molecule has 0 aliphatic rings. The third kappa shape index (κ3) is 10.2. The number of carboxylic acid groups (broad SMARTS) is 2. The second kappa shape index (κ2) is 16.2. The molecule has 0 spiro atoms. The number of benzene rings is 2. The minimum atomic E-state index is -1.33. The van der Waals surface area contributed by atoms with Crippen LogP contribution >= 0.6 is 45.2 Å². The van der Waals surface area contributed by atoms with Crippen molar-refractivity contribution in [2.45, 2.75) is 25.5 Å². The Morgan fingerprint density at radius 2 is 1.55 bits per heavy atom. The summed E-state index contributed by atoms with van der Waals surface area (Å²) >= 11 is 4.67. The maximum Gasteiger partial charge on any atom is 0.414 e. The summed E-state index contributed by atoms with van der Waals surface area (Å²) in [6.45, 7) is 1.74. The minimum Gasteiger partial charge on any atom is -0.481 e. The highest BCUT2D eigenvalue weighted by molar-refractivity contribution is 14.1. The van der Waals surface area contributed by atoms with Gasteiger partial charge in [0, 0.05) is 41.1 Å². The molecule has 206 valence electrons. The van der Waals surface area contributed by atoms with E-state index in [9.17, 15) is 19.2 Å². The van der Waals surface area contributed by atoms with Crippen LogP contribution in [0.5, 0.6) is 0 Å². The summed E-state index contributed by atoms with van der Waals surface area (Å²) in [5, 5.41) is 22.6. The van der Waals surface area contributed by atoms with Gasteiger partial charge in [-0.3, -0.25) is 9.69 Å². The molecule has 2 aromatic rings. The molecule has 4 N–H and O–H groups in total. The van der Waals surface area contributed by atoms with Gasteiger partial charge in [0.15, 0.2) is 0 Å². The van der Waals surface area contributed by atoms with Crippen LogP contribution in [0.1, 0.15) is 18.4 Å². The highest BCUT2D eigenvalue weighted by Gasteiger charge is 2.21. The molecule has 11 nitrogen and oxygen atoms in total. The van der Waals surface area contributed by atoms with E-state index < -0.39 is 30.1 Å². The first kappa shape index (κ1) is 31.4. The standard InChI is InChI=1S/C25H30I2N4O7/c1-30(20-4-2-3-5-21(20)31(14-12-26)15-13-27)25(37)38-16-17-6-8-18(9-7-17)28-24(36)29-19(23(34)35)10-11-22(32)33/h2-9,19H,10-16H2,1H3,(H,32,33)(H,34,35)(H2,28,29,36). The molecule has 0 saturated carbocycles. The Labute approximate surface area is 248 Å². The quantitative estimate of drug-likeness (QED) is 0.162. The van der Waals surface area contributed by atoms with Crippen molar-refractivity contribution < 1.29 is 34.1 Å². The third-order valence-electron chi connectivity index (χ3n) is 5.39. The van der Waals surface area contributed by atoms with E-state index in [1.54, 1.807) is 31.3 Å². The summed E-state index contributed by atoms with van der Waals surface area (Å²) in [5.41, 5.74) is 2.78. The number of nitrogens with zero attached hydrogens (tertiary/aromatic N) is 2. The van der Waals surface area contributed by atoms with Gasteiger partial charge in [0.05, 0.1) is 11.4 Å². The number of ether oxygens (including phenoxy) is 1. The van der Waals surface area contributed by atoms with Crippen molar-refractivity contribution in [2.24, 2.45) is 0 Å². The SMILES string of the molecule is CN(C(=O)OCc1ccc(NC(=O)NC(CCC(=O)O)C(=O)O)cc1)c1ccccc1N(CCI)CCI. The number of hydrogen-bond acceptors (Lipinski definition) is 6. The minimum absolute atomic E-state index is 0.0132. The molecule has 0 radical (unpaired) electrons. The van der Waals surface area contributed by atoms with E-state index in [2.05, 4.69) is 60.7 Å². The fraction of sp³-hybridized carbons (Fsp3) is 0.360. The number of urea groups is 1. The van der Waals surface area contributed by atoms with Gasteiger partial charge in [-0.2, -0.15) is 0 Å². The number of halogens is 2. The van der Waals surface area contributed by atoms with Gasteiger partial charge in [-0.1, -0.05) is 69.4 Å². The molecule has 2 rings (SSSR count). The van der Waals surface area contributed by atoms with Crippen molar-refractivity contribution in [3.05, 3.63) is 54.1 Å². The highest BCUT2D eigenvalue weighted by atomic mass is 127. The van der Waals surface area contributed by atoms with Crippen LogP contribution in [0.2, 0.25) is 0 Å². The summed E-state index contributed by atoms with van der Waals surface area (Å²) < 4.78 is 7.40. The summed E-state index contributed by atoms with van der Waals surface area (Å²) in [4.78, 5) is 50.6. The number of amides is 3. The Kier molecular flexibility index (Phi) is 13.4. The topological polar surface area (TPSA) is 149 Å². The van der Waals surface area contributed by atoms with E-state index >= 15 is 0 Å². The molecule has 1 unspecified atom stereocenters. The molecule has 0 fully saturated rings. The average molecular weight is 752 g/mol. The molecular weight excluding hydrogens is 722 g/mol. The number of anilines is 3. The fourth-order valence-corrected chi connectivity index (χ4v) is 4.61. The zero-order valence-electron chi connectivity index (χ0n) is 20.7. The van der Waals surface area contributed by atoms with Crippen molar-refractivity contribution in [2.75, 3.05) is 44.1 Å². The second-order valence-electron chi connectivity index (χ2n) is 8.09. The molecule has 38 heavy (non-hydrogen) atoms. The van der Waals surface area contributed by atoms with Crippen LogP contribution in [0.3, 0.4) is 0 Å². The molecule has 0 aromatic heterocycles. The molecule has 1 atom stereocenters. The lowest BCUT2D eigenvalue weighted by Crippen LogP contribution is -2.43. The lowest BCUT2D eigenvalue weighted by Gasteiger charge is -2.28. The van der Waals surface area contributed by atoms with Crippen LogP contribution in [0.25, 0.3) is 0 Å². The summed E-state index contributed by atoms with van der Waals surface area (Å²) in [5.74, 6) is -2.48. The van der Waals surface area contributed by atoms with Crippen LogP contribution in [0.15, 0.2) is 48.5 Å². The zero-order valence-corrected chi connectivity index (χ0v) is 25.0. The number of para-hydroxylation sites is 2. The average Bonchev–Trinajstić information content (AvgIpc) is 2.89. The van der Waals surface area contributed by atoms with Gasteiger partial charge in [0.1, 0.15) is 12.6 Å². The number of aliphatic carboxylic acids is 2. The Hall–Kier alpha value is -2.82. The molecule has 0 aliphatic carbocycles. The maximum absolute atomic E-state index is 12.8. The molecule has 2 aromatic carbocycles. The molecule has 0 heterocycles. The van der Waals surface area contributed by atoms with Crippen molar-refractivity contribution in [3.8, 4) is 0 Å². The van der Waals surface area contributed by atoms with Gasteiger partial charge >= 0.3 is 24.1 Å². The second-order valence-corrected chi connectivity index (χ2v) is 10.2. The number of alkyl halides is 2. The summed E-state index contributed by atoms with van der Waals surface area (Å²) in [6.07, 6.45) is -1.14. The Morgan fingerprint density at radius 1 is 0.947 bits per heavy atom. The lowest BCUT2D eigenvalue weighted by atomic mass is 10.1. The molecule has 3 amide bonds. The Bertz CT molecular complexity index is 1100. The Morgan fingerprint density at radius 3 is 2.11 bits per heavy atom. The van der Waals surface area contributed by atoms with Crippen LogP contribution in [-0.4, -0.2) is 69.3 Å². The van der Waals surface area contributed by atoms with Crippen molar-refractivity contribution in [3.63, 3.8) is 0 Å². The first-order valence-corrected chi connectivity index (χ1v) is 14.7. The molecular formula is C25H30I2N4O7. The number of carbonyl (C=O) groups excluding carboxylic acids is 2. The summed E-state index contributed by atoms with van der Waals surface area (Å²) in [6, 6.07) is 12.1.